The first kappa shape index (κ1) is 19.2. The number of benzene rings is 1. The Morgan fingerprint density at radius 2 is 1.85 bits per heavy atom. The first-order valence-electron chi connectivity index (χ1n) is 9.63. The number of rotatable bonds is 3. The SMILES string of the molecule is Cl.O=C(NC1CCNC1)C1CC2CCCCC2N1C(=O)c1ccccc1. The molecule has 4 rings (SSSR count). The number of fused-ring (bicyclic) bond motifs is 1. The molecule has 3 aliphatic rings. The Morgan fingerprint density at radius 1 is 1.08 bits per heavy atom. The van der Waals surface area contributed by atoms with Crippen molar-refractivity contribution >= 4 is 24.2 Å². The summed E-state index contributed by atoms with van der Waals surface area (Å²) in [7, 11) is 0. The quantitative estimate of drug-likeness (QED) is 0.850. The summed E-state index contributed by atoms with van der Waals surface area (Å²) in [5.41, 5.74) is 0.689. The standard InChI is InChI=1S/C20H27N3O2.ClH/c24-19(22-16-10-11-21-13-16)18-12-15-8-4-5-9-17(15)23(18)20(25)14-6-2-1-3-7-14;/h1-3,6-7,15-18,21H,4-5,8-13H2,(H,22,24);1H. The fourth-order valence-corrected chi connectivity index (χ4v) is 4.79. The van der Waals surface area contributed by atoms with Crippen molar-refractivity contribution < 1.29 is 9.59 Å². The number of halogens is 1. The lowest BCUT2D eigenvalue weighted by molar-refractivity contribution is -0.125. The van der Waals surface area contributed by atoms with E-state index < -0.39 is 0 Å². The molecule has 2 amide bonds. The molecule has 1 aromatic carbocycles. The second-order valence-corrected chi connectivity index (χ2v) is 7.64. The van der Waals surface area contributed by atoms with E-state index in [2.05, 4.69) is 10.6 Å². The molecule has 6 heteroatoms. The molecule has 1 saturated carbocycles. The predicted molar refractivity (Wildman–Crippen MR) is 103 cm³/mol. The van der Waals surface area contributed by atoms with Crippen LogP contribution in [0.5, 0.6) is 0 Å². The molecular formula is C20H28ClN3O2. The van der Waals surface area contributed by atoms with E-state index in [1.54, 1.807) is 0 Å². The lowest BCUT2D eigenvalue weighted by Crippen LogP contribution is -2.51. The molecular weight excluding hydrogens is 350 g/mol. The third-order valence-corrected chi connectivity index (χ3v) is 6.05. The van der Waals surface area contributed by atoms with E-state index in [-0.39, 0.29) is 42.3 Å². The Hall–Kier alpha value is -1.59. The predicted octanol–water partition coefficient (Wildman–Crippen LogP) is 2.36. The van der Waals surface area contributed by atoms with Gasteiger partial charge in [-0.15, -0.1) is 12.4 Å². The molecule has 4 atom stereocenters. The van der Waals surface area contributed by atoms with Crippen molar-refractivity contribution in [3.63, 3.8) is 0 Å². The fraction of sp³-hybridized carbons (Fsp3) is 0.600. The van der Waals surface area contributed by atoms with Crippen molar-refractivity contribution in [1.29, 1.82) is 0 Å². The summed E-state index contributed by atoms with van der Waals surface area (Å²) in [4.78, 5) is 28.1. The van der Waals surface area contributed by atoms with Crippen LogP contribution in [-0.2, 0) is 4.79 Å². The zero-order valence-corrected chi connectivity index (χ0v) is 15.8. The monoisotopic (exact) mass is 377 g/mol. The highest BCUT2D eigenvalue weighted by Gasteiger charge is 2.47. The van der Waals surface area contributed by atoms with E-state index in [0.717, 1.165) is 45.2 Å². The second-order valence-electron chi connectivity index (χ2n) is 7.64. The molecule has 5 nitrogen and oxygen atoms in total. The van der Waals surface area contributed by atoms with Crippen molar-refractivity contribution in [2.24, 2.45) is 5.92 Å². The lowest BCUT2D eigenvalue weighted by atomic mass is 9.84. The summed E-state index contributed by atoms with van der Waals surface area (Å²) >= 11 is 0. The van der Waals surface area contributed by atoms with Gasteiger partial charge in [0.1, 0.15) is 6.04 Å². The van der Waals surface area contributed by atoms with Crippen molar-refractivity contribution in [2.45, 2.75) is 56.7 Å². The highest BCUT2D eigenvalue weighted by atomic mass is 35.5. The van der Waals surface area contributed by atoms with Gasteiger partial charge in [-0.05, 0) is 50.3 Å². The maximum Gasteiger partial charge on any atom is 0.254 e. The summed E-state index contributed by atoms with van der Waals surface area (Å²) in [6.07, 6.45) is 6.32. The Labute approximate surface area is 161 Å². The van der Waals surface area contributed by atoms with E-state index >= 15 is 0 Å². The molecule has 2 aliphatic heterocycles. The average Bonchev–Trinajstić information content (AvgIpc) is 3.29. The Morgan fingerprint density at radius 3 is 2.58 bits per heavy atom. The van der Waals surface area contributed by atoms with E-state index in [4.69, 9.17) is 0 Å². The molecule has 26 heavy (non-hydrogen) atoms. The molecule has 0 bridgehead atoms. The topological polar surface area (TPSA) is 61.4 Å². The number of carbonyl (C=O) groups is 2. The fourth-order valence-electron chi connectivity index (χ4n) is 4.79. The number of amides is 2. The lowest BCUT2D eigenvalue weighted by Gasteiger charge is -2.34. The number of nitrogens with one attached hydrogen (secondary N) is 2. The van der Waals surface area contributed by atoms with Crippen LogP contribution in [0.1, 0.15) is 48.9 Å². The van der Waals surface area contributed by atoms with Gasteiger partial charge < -0.3 is 15.5 Å². The van der Waals surface area contributed by atoms with Gasteiger partial charge in [0.2, 0.25) is 5.91 Å². The summed E-state index contributed by atoms with van der Waals surface area (Å²) in [6, 6.07) is 9.51. The van der Waals surface area contributed by atoms with E-state index in [9.17, 15) is 9.59 Å². The van der Waals surface area contributed by atoms with Crippen molar-refractivity contribution in [2.75, 3.05) is 13.1 Å². The number of likely N-dealkylation sites (tertiary alicyclic amines) is 1. The zero-order chi connectivity index (χ0) is 17.2. The molecule has 1 aromatic rings. The van der Waals surface area contributed by atoms with Crippen LogP contribution in [0, 0.1) is 5.92 Å². The maximum atomic E-state index is 13.2. The van der Waals surface area contributed by atoms with Gasteiger partial charge in [-0.25, -0.2) is 0 Å². The Balaban J connectivity index is 0.00000196. The minimum Gasteiger partial charge on any atom is -0.350 e. The molecule has 0 aromatic heterocycles. The smallest absolute Gasteiger partial charge is 0.254 e. The van der Waals surface area contributed by atoms with Crippen LogP contribution in [0.2, 0.25) is 0 Å². The summed E-state index contributed by atoms with van der Waals surface area (Å²) in [5.74, 6) is 0.519. The van der Waals surface area contributed by atoms with Gasteiger partial charge in [0.15, 0.2) is 0 Å². The van der Waals surface area contributed by atoms with Crippen LogP contribution >= 0.6 is 12.4 Å². The molecule has 142 valence electrons. The molecule has 4 unspecified atom stereocenters. The van der Waals surface area contributed by atoms with Gasteiger partial charge >= 0.3 is 0 Å². The van der Waals surface area contributed by atoms with Crippen LogP contribution < -0.4 is 10.6 Å². The van der Waals surface area contributed by atoms with Crippen LogP contribution in [0.25, 0.3) is 0 Å². The van der Waals surface area contributed by atoms with Crippen molar-refractivity contribution in [1.82, 2.24) is 15.5 Å². The van der Waals surface area contributed by atoms with Crippen molar-refractivity contribution in [3.05, 3.63) is 35.9 Å². The molecule has 1 aliphatic carbocycles. The van der Waals surface area contributed by atoms with E-state index in [1.165, 1.54) is 6.42 Å². The van der Waals surface area contributed by atoms with Gasteiger partial charge in [-0.1, -0.05) is 31.0 Å². The molecule has 0 radical (unpaired) electrons. The van der Waals surface area contributed by atoms with Gasteiger partial charge in [-0.3, -0.25) is 9.59 Å². The molecule has 0 spiro atoms. The number of hydrogen-bond donors (Lipinski definition) is 2. The first-order valence-corrected chi connectivity index (χ1v) is 9.63. The summed E-state index contributed by atoms with van der Waals surface area (Å²) in [6.45, 7) is 1.78. The third kappa shape index (κ3) is 3.74. The molecule has 3 fully saturated rings. The van der Waals surface area contributed by atoms with Crippen LogP contribution in [0.3, 0.4) is 0 Å². The third-order valence-electron chi connectivity index (χ3n) is 6.05. The number of nitrogens with zero attached hydrogens (tertiary/aromatic N) is 1. The van der Waals surface area contributed by atoms with Crippen molar-refractivity contribution in [3.8, 4) is 0 Å². The molecule has 2 N–H and O–H groups in total. The van der Waals surface area contributed by atoms with Crippen LogP contribution in [0.15, 0.2) is 30.3 Å². The first-order chi connectivity index (χ1) is 12.2. The minimum absolute atomic E-state index is 0. The molecule has 2 heterocycles. The maximum absolute atomic E-state index is 13.2. The number of hydrogen-bond acceptors (Lipinski definition) is 3. The van der Waals surface area contributed by atoms with Gasteiger partial charge in [0.05, 0.1) is 0 Å². The van der Waals surface area contributed by atoms with Gasteiger partial charge in [-0.2, -0.15) is 0 Å². The highest BCUT2D eigenvalue weighted by molar-refractivity contribution is 5.98. The zero-order valence-electron chi connectivity index (χ0n) is 15.0. The van der Waals surface area contributed by atoms with Crippen LogP contribution in [0.4, 0.5) is 0 Å². The Kier molecular flexibility index (Phi) is 6.20. The average molecular weight is 378 g/mol. The minimum atomic E-state index is -0.318. The van der Waals surface area contributed by atoms with E-state index in [1.807, 2.05) is 35.2 Å². The summed E-state index contributed by atoms with van der Waals surface area (Å²) < 4.78 is 0. The van der Waals surface area contributed by atoms with E-state index in [0.29, 0.717) is 11.5 Å². The Bertz CT molecular complexity index is 633. The van der Waals surface area contributed by atoms with Gasteiger partial charge in [0.25, 0.3) is 5.91 Å². The largest absolute Gasteiger partial charge is 0.350 e. The highest BCUT2D eigenvalue weighted by Crippen LogP contribution is 2.40. The van der Waals surface area contributed by atoms with Crippen LogP contribution in [-0.4, -0.2) is 47.9 Å². The normalized spacial score (nSPS) is 30.4. The molecule has 2 saturated heterocycles. The number of carbonyl (C=O) groups excluding carboxylic acids is 2. The van der Waals surface area contributed by atoms with Gasteiger partial charge in [0, 0.05) is 24.2 Å². The second kappa shape index (κ2) is 8.40. The summed E-state index contributed by atoms with van der Waals surface area (Å²) in [5, 5.41) is 6.45.